The predicted octanol–water partition coefficient (Wildman–Crippen LogP) is 3.60. The number of nitrogens with zero attached hydrogens (tertiary/aromatic N) is 2. The summed E-state index contributed by atoms with van der Waals surface area (Å²) >= 11 is 5.05. The molecule has 0 unspecified atom stereocenters. The maximum absolute atomic E-state index is 13.4. The fourth-order valence-corrected chi connectivity index (χ4v) is 1.53. The van der Waals surface area contributed by atoms with Crippen molar-refractivity contribution in [1.29, 1.82) is 0 Å². The molecule has 114 valence electrons. The molecule has 1 aromatic heterocycles. The van der Waals surface area contributed by atoms with E-state index >= 15 is 0 Å². The second-order valence-electron chi connectivity index (χ2n) is 5.25. The molecule has 9 heteroatoms. The average molecular weight is 319 g/mol. The number of alkyl halides is 5. The van der Waals surface area contributed by atoms with Crippen molar-refractivity contribution in [2.45, 2.75) is 44.8 Å². The number of aromatic nitrogens is 2. The summed E-state index contributed by atoms with van der Waals surface area (Å²) in [6.07, 6.45) is -5.78. The molecule has 0 radical (unpaired) electrons. The summed E-state index contributed by atoms with van der Waals surface area (Å²) in [4.78, 5) is 10.8. The minimum absolute atomic E-state index is 0.00865. The molecule has 0 saturated carbocycles. The molecule has 0 bridgehead atoms. The van der Waals surface area contributed by atoms with Crippen molar-refractivity contribution in [3.05, 3.63) is 17.5 Å². The summed E-state index contributed by atoms with van der Waals surface area (Å²) in [6, 6.07) is 0.646. The van der Waals surface area contributed by atoms with E-state index in [1.165, 1.54) is 0 Å². The summed E-state index contributed by atoms with van der Waals surface area (Å²) in [5.41, 5.74) is -2.14. The van der Waals surface area contributed by atoms with Gasteiger partial charge in [0.05, 0.1) is 5.69 Å². The lowest BCUT2D eigenvalue weighted by Gasteiger charge is -2.20. The molecule has 1 aromatic rings. The van der Waals surface area contributed by atoms with Gasteiger partial charge in [0.15, 0.2) is 0 Å². The minimum atomic E-state index is -5.78. The molecule has 20 heavy (non-hydrogen) atoms. The van der Waals surface area contributed by atoms with Gasteiger partial charge in [0.1, 0.15) is 12.2 Å². The fourth-order valence-electron chi connectivity index (χ4n) is 1.42. The van der Waals surface area contributed by atoms with Crippen LogP contribution in [0.5, 0.6) is 0 Å². The quantitative estimate of drug-likeness (QED) is 0.630. The number of carbonyl (C=O) groups is 1. The third-order valence-electron chi connectivity index (χ3n) is 2.50. The maximum atomic E-state index is 13.4. The lowest BCUT2D eigenvalue weighted by atomic mass is 9.92. The Morgan fingerprint density at radius 1 is 1.25 bits per heavy atom. The molecule has 1 heterocycles. The van der Waals surface area contributed by atoms with Crippen LogP contribution in [0.4, 0.5) is 22.0 Å². The van der Waals surface area contributed by atoms with E-state index in [0.717, 1.165) is 0 Å². The summed E-state index contributed by atoms with van der Waals surface area (Å²) in [7, 11) is 0. The van der Waals surface area contributed by atoms with Crippen LogP contribution in [0.1, 0.15) is 32.2 Å². The summed E-state index contributed by atoms with van der Waals surface area (Å²) in [6.45, 7) is 3.92. The molecule has 0 spiro atoms. The summed E-state index contributed by atoms with van der Waals surface area (Å²) < 4.78 is 64.5. The Kier molecular flexibility index (Phi) is 4.20. The lowest BCUT2D eigenvalue weighted by Crippen LogP contribution is -2.36. The van der Waals surface area contributed by atoms with Gasteiger partial charge in [-0.3, -0.25) is 9.48 Å². The first kappa shape index (κ1) is 16.9. The largest absolute Gasteiger partial charge is 0.459 e. The van der Waals surface area contributed by atoms with Crippen molar-refractivity contribution in [2.75, 3.05) is 0 Å². The van der Waals surface area contributed by atoms with E-state index in [1.807, 2.05) is 0 Å². The zero-order valence-corrected chi connectivity index (χ0v) is 11.6. The van der Waals surface area contributed by atoms with E-state index in [-0.39, 0.29) is 5.69 Å². The van der Waals surface area contributed by atoms with Gasteiger partial charge in [-0.2, -0.15) is 27.1 Å². The van der Waals surface area contributed by atoms with Gasteiger partial charge in [-0.05, 0) is 17.7 Å². The van der Waals surface area contributed by atoms with Crippen molar-refractivity contribution < 1.29 is 26.7 Å². The second kappa shape index (κ2) is 4.98. The molecular weight excluding hydrogens is 307 g/mol. The standard InChI is InChI=1S/C11H12ClF5N2O/c1-9(2,3)6-4-7(10(13,14)11(15,16)17)19(18-6)5-8(12)20/h4H,5H2,1-3H3. The Bertz CT molecular complexity index is 516. The summed E-state index contributed by atoms with van der Waals surface area (Å²) in [5, 5.41) is 2.54. The highest BCUT2D eigenvalue weighted by molar-refractivity contribution is 6.63. The highest BCUT2D eigenvalue weighted by Gasteiger charge is 2.61. The van der Waals surface area contributed by atoms with Crippen LogP contribution < -0.4 is 0 Å². The van der Waals surface area contributed by atoms with Crippen molar-refractivity contribution in [3.63, 3.8) is 0 Å². The molecule has 0 saturated heterocycles. The number of carbonyl (C=O) groups excluding carboxylic acids is 1. The zero-order chi connectivity index (χ0) is 15.9. The Balaban J connectivity index is 3.44. The van der Waals surface area contributed by atoms with Gasteiger partial charge in [-0.1, -0.05) is 20.8 Å². The van der Waals surface area contributed by atoms with Crippen molar-refractivity contribution in [1.82, 2.24) is 9.78 Å². The number of halogens is 6. The van der Waals surface area contributed by atoms with Crippen LogP contribution in [-0.2, 0) is 22.7 Å². The normalized spacial score (nSPS) is 13.7. The molecule has 0 aliphatic carbocycles. The van der Waals surface area contributed by atoms with Gasteiger partial charge in [0.2, 0.25) is 5.24 Å². The van der Waals surface area contributed by atoms with Crippen LogP contribution in [0, 0.1) is 0 Å². The van der Waals surface area contributed by atoms with Gasteiger partial charge in [0.25, 0.3) is 0 Å². The van der Waals surface area contributed by atoms with E-state index in [2.05, 4.69) is 5.10 Å². The smallest absolute Gasteiger partial charge is 0.279 e. The zero-order valence-electron chi connectivity index (χ0n) is 10.9. The van der Waals surface area contributed by atoms with E-state index in [4.69, 9.17) is 11.6 Å². The Labute approximate surface area is 116 Å². The molecule has 0 amide bonds. The fraction of sp³-hybridized carbons (Fsp3) is 0.636. The molecule has 0 aliphatic rings. The van der Waals surface area contributed by atoms with Crippen molar-refractivity contribution >= 4 is 16.8 Å². The van der Waals surface area contributed by atoms with Gasteiger partial charge in [0, 0.05) is 5.41 Å². The average Bonchev–Trinajstić information content (AvgIpc) is 2.58. The topological polar surface area (TPSA) is 34.9 Å². The van der Waals surface area contributed by atoms with E-state index in [9.17, 15) is 26.7 Å². The predicted molar refractivity (Wildman–Crippen MR) is 61.7 cm³/mol. The summed E-state index contributed by atoms with van der Waals surface area (Å²) in [5.74, 6) is -5.12. The van der Waals surface area contributed by atoms with Crippen LogP contribution >= 0.6 is 11.6 Å². The van der Waals surface area contributed by atoms with Crippen LogP contribution in [0.3, 0.4) is 0 Å². The third kappa shape index (κ3) is 3.28. The van der Waals surface area contributed by atoms with Crippen LogP contribution in [0.15, 0.2) is 6.07 Å². The number of hydrogen-bond acceptors (Lipinski definition) is 2. The van der Waals surface area contributed by atoms with Gasteiger partial charge in [-0.25, -0.2) is 0 Å². The number of rotatable bonds is 3. The Morgan fingerprint density at radius 3 is 2.10 bits per heavy atom. The molecule has 0 aliphatic heterocycles. The first-order valence-electron chi connectivity index (χ1n) is 5.48. The maximum Gasteiger partial charge on any atom is 0.459 e. The minimum Gasteiger partial charge on any atom is -0.279 e. The van der Waals surface area contributed by atoms with Crippen molar-refractivity contribution in [2.24, 2.45) is 0 Å². The highest BCUT2D eigenvalue weighted by atomic mass is 35.5. The Morgan fingerprint density at radius 2 is 1.75 bits per heavy atom. The second-order valence-corrected chi connectivity index (χ2v) is 5.67. The van der Waals surface area contributed by atoms with E-state index < -0.39 is 35.0 Å². The van der Waals surface area contributed by atoms with Crippen LogP contribution in [0.2, 0.25) is 0 Å². The lowest BCUT2D eigenvalue weighted by molar-refractivity contribution is -0.292. The van der Waals surface area contributed by atoms with Crippen molar-refractivity contribution in [3.8, 4) is 0 Å². The molecule has 0 N–H and O–H groups in total. The van der Waals surface area contributed by atoms with Gasteiger partial charge < -0.3 is 0 Å². The van der Waals surface area contributed by atoms with Crippen LogP contribution in [0.25, 0.3) is 0 Å². The molecule has 0 atom stereocenters. The molecular formula is C11H12ClF5N2O. The molecule has 3 nitrogen and oxygen atoms in total. The van der Waals surface area contributed by atoms with Gasteiger partial charge >= 0.3 is 12.1 Å². The van der Waals surface area contributed by atoms with E-state index in [0.29, 0.717) is 10.7 Å². The monoisotopic (exact) mass is 318 g/mol. The molecule has 1 rings (SSSR count). The highest BCUT2D eigenvalue weighted by Crippen LogP contribution is 2.44. The molecule has 0 fully saturated rings. The van der Waals surface area contributed by atoms with Gasteiger partial charge in [-0.15, -0.1) is 0 Å². The SMILES string of the molecule is CC(C)(C)c1cc(C(F)(F)C(F)(F)F)n(CC(=O)Cl)n1. The van der Waals surface area contributed by atoms with Crippen LogP contribution in [-0.4, -0.2) is 21.2 Å². The Hall–Kier alpha value is -1.18. The van der Waals surface area contributed by atoms with E-state index in [1.54, 1.807) is 20.8 Å². The number of hydrogen-bond donors (Lipinski definition) is 0. The molecule has 0 aromatic carbocycles. The first-order chi connectivity index (χ1) is 8.76. The first-order valence-corrected chi connectivity index (χ1v) is 5.86. The third-order valence-corrected chi connectivity index (χ3v) is 2.62.